The molecule has 0 atom stereocenters. The van der Waals surface area contributed by atoms with Crippen LogP contribution in [0.2, 0.25) is 0 Å². The maximum atomic E-state index is 5.64. The number of aromatic nitrogens is 6. The van der Waals surface area contributed by atoms with Gasteiger partial charge in [0.05, 0.1) is 11.9 Å². The van der Waals surface area contributed by atoms with E-state index < -0.39 is 0 Å². The molecule has 0 aliphatic rings. The van der Waals surface area contributed by atoms with Gasteiger partial charge in [-0.15, -0.1) is 0 Å². The summed E-state index contributed by atoms with van der Waals surface area (Å²) in [5.74, 6) is 0.118. The van der Waals surface area contributed by atoms with Gasteiger partial charge in [-0.25, -0.2) is 4.68 Å². The summed E-state index contributed by atoms with van der Waals surface area (Å²) in [6.45, 7) is 0. The molecule has 25 heavy (non-hydrogen) atoms. The molecular formula is C17H14N8. The lowest BCUT2D eigenvalue weighted by atomic mass is 10.1. The van der Waals surface area contributed by atoms with E-state index in [0.29, 0.717) is 0 Å². The van der Waals surface area contributed by atoms with Gasteiger partial charge in [-0.3, -0.25) is 0 Å². The molecule has 0 aliphatic heterocycles. The first-order valence-corrected chi connectivity index (χ1v) is 7.60. The van der Waals surface area contributed by atoms with Crippen molar-refractivity contribution in [1.82, 2.24) is 30.1 Å². The molecule has 0 fully saturated rings. The largest absolute Gasteiger partial charge is 0.365 e. The number of nitrogens with two attached hydrogens (primary N) is 1. The molecule has 0 aliphatic carbocycles. The zero-order chi connectivity index (χ0) is 17.1. The molecular weight excluding hydrogens is 316 g/mol. The summed E-state index contributed by atoms with van der Waals surface area (Å²) in [4.78, 5) is 1.16. The second kappa shape index (κ2) is 6.36. The molecule has 8 heteroatoms. The molecule has 8 nitrogen and oxygen atoms in total. The molecule has 0 amide bonds. The molecule has 4 aromatic rings. The lowest BCUT2D eigenvalue weighted by Gasteiger charge is -2.00. The van der Waals surface area contributed by atoms with Crippen LogP contribution >= 0.6 is 0 Å². The number of hydrogen-bond acceptors (Lipinski definition) is 6. The first-order valence-electron chi connectivity index (χ1n) is 7.60. The fraction of sp³-hybridized carbons (Fsp3) is 0. The van der Waals surface area contributed by atoms with Crippen LogP contribution in [0.15, 0.2) is 72.0 Å². The third kappa shape index (κ3) is 3.00. The first kappa shape index (κ1) is 14.8. The normalized spacial score (nSPS) is 11.2. The summed E-state index contributed by atoms with van der Waals surface area (Å²) in [5.41, 5.74) is 9.22. The average Bonchev–Trinajstić information content (AvgIpc) is 3.27. The molecule has 2 aromatic heterocycles. The minimum absolute atomic E-state index is 0.118. The van der Waals surface area contributed by atoms with Crippen LogP contribution in [0.4, 0.5) is 5.95 Å². The Morgan fingerprint density at radius 3 is 2.36 bits per heavy atom. The molecule has 0 radical (unpaired) electrons. The highest BCUT2D eigenvalue weighted by Crippen LogP contribution is 2.22. The second-order valence-corrected chi connectivity index (χ2v) is 5.25. The van der Waals surface area contributed by atoms with Crippen molar-refractivity contribution in [3.05, 3.63) is 72.4 Å². The van der Waals surface area contributed by atoms with E-state index in [1.807, 2.05) is 71.5 Å². The van der Waals surface area contributed by atoms with Gasteiger partial charge >= 0.3 is 0 Å². The summed E-state index contributed by atoms with van der Waals surface area (Å²) < 4.78 is 1.81. The van der Waals surface area contributed by atoms with Crippen LogP contribution in [0.5, 0.6) is 0 Å². The first-order chi connectivity index (χ1) is 12.3. The van der Waals surface area contributed by atoms with E-state index in [9.17, 15) is 0 Å². The van der Waals surface area contributed by atoms with Gasteiger partial charge in [0.25, 0.3) is 5.95 Å². The number of tetrazole rings is 1. The third-order valence-corrected chi connectivity index (χ3v) is 3.59. The molecule has 0 unspecified atom stereocenters. The van der Waals surface area contributed by atoms with E-state index in [2.05, 4.69) is 20.6 Å². The fourth-order valence-corrected chi connectivity index (χ4v) is 2.40. The van der Waals surface area contributed by atoms with Crippen LogP contribution in [0.3, 0.4) is 0 Å². The number of hydrogen-bond donors (Lipinski definition) is 1. The Kier molecular flexibility index (Phi) is 3.76. The van der Waals surface area contributed by atoms with Crippen molar-refractivity contribution in [2.45, 2.75) is 0 Å². The molecule has 2 aromatic carbocycles. The Balaban J connectivity index is 1.80. The van der Waals surface area contributed by atoms with Gasteiger partial charge in [-0.2, -0.15) is 10.2 Å². The quantitative estimate of drug-likeness (QED) is 0.577. The van der Waals surface area contributed by atoms with Gasteiger partial charge in [0.2, 0.25) is 0 Å². The van der Waals surface area contributed by atoms with Gasteiger partial charge in [0, 0.05) is 17.3 Å². The highest BCUT2D eigenvalue weighted by atomic mass is 15.7. The zero-order valence-corrected chi connectivity index (χ0v) is 13.1. The minimum atomic E-state index is 0.118. The van der Waals surface area contributed by atoms with Crippen LogP contribution < -0.4 is 5.73 Å². The van der Waals surface area contributed by atoms with Crippen molar-refractivity contribution in [2.75, 3.05) is 5.73 Å². The highest BCUT2D eigenvalue weighted by molar-refractivity contribution is 5.88. The van der Waals surface area contributed by atoms with E-state index in [4.69, 9.17) is 10.8 Å². The zero-order valence-electron chi connectivity index (χ0n) is 13.1. The highest BCUT2D eigenvalue weighted by Gasteiger charge is 2.11. The van der Waals surface area contributed by atoms with Crippen molar-refractivity contribution in [3.63, 3.8) is 0 Å². The monoisotopic (exact) mass is 330 g/mol. The molecule has 122 valence electrons. The lowest BCUT2D eigenvalue weighted by Crippen LogP contribution is -1.99. The number of benzene rings is 2. The summed E-state index contributed by atoms with van der Waals surface area (Å²) in [6.07, 6.45) is 3.54. The van der Waals surface area contributed by atoms with Crippen molar-refractivity contribution >= 4 is 12.2 Å². The number of nitrogen functional groups attached to an aromatic ring is 1. The second-order valence-electron chi connectivity index (χ2n) is 5.25. The number of nitrogens with zero attached hydrogens (tertiary/aromatic N) is 7. The Labute approximate surface area is 143 Å². The summed E-state index contributed by atoms with van der Waals surface area (Å²) in [7, 11) is 0. The van der Waals surface area contributed by atoms with E-state index in [1.54, 1.807) is 6.21 Å². The third-order valence-electron chi connectivity index (χ3n) is 3.59. The number of anilines is 1. The van der Waals surface area contributed by atoms with Crippen molar-refractivity contribution < 1.29 is 0 Å². The predicted molar refractivity (Wildman–Crippen MR) is 94.2 cm³/mol. The van der Waals surface area contributed by atoms with Gasteiger partial charge in [0.1, 0.15) is 5.69 Å². The minimum Gasteiger partial charge on any atom is -0.365 e. The summed E-state index contributed by atoms with van der Waals surface area (Å²) in [5, 5.41) is 19.7. The smallest absolute Gasteiger partial charge is 0.263 e. The Hall–Kier alpha value is -3.81. The van der Waals surface area contributed by atoms with E-state index in [-0.39, 0.29) is 5.95 Å². The van der Waals surface area contributed by atoms with Crippen molar-refractivity contribution in [2.24, 2.45) is 5.10 Å². The molecule has 2 N–H and O–H groups in total. The maximum Gasteiger partial charge on any atom is 0.263 e. The van der Waals surface area contributed by atoms with E-state index >= 15 is 0 Å². The van der Waals surface area contributed by atoms with Crippen LogP contribution in [0, 0.1) is 0 Å². The van der Waals surface area contributed by atoms with E-state index in [1.165, 1.54) is 0 Å². The molecule has 0 spiro atoms. The molecule has 0 saturated carbocycles. The standard InChI is InChI=1S/C17H14N8/c18-17-20-22-23-25(17)19-11-14-12-24(15-9-5-2-6-10-15)21-16(14)13-7-3-1-4-8-13/h1-12H,(H2,18,20,23)/b19-11+. The van der Waals surface area contributed by atoms with Crippen molar-refractivity contribution in [1.29, 1.82) is 0 Å². The van der Waals surface area contributed by atoms with Gasteiger partial charge in [0.15, 0.2) is 0 Å². The average molecular weight is 330 g/mol. The predicted octanol–water partition coefficient (Wildman–Crippen LogP) is 1.99. The van der Waals surface area contributed by atoms with Crippen molar-refractivity contribution in [3.8, 4) is 16.9 Å². The van der Waals surface area contributed by atoms with Gasteiger partial charge in [-0.05, 0) is 22.6 Å². The summed E-state index contributed by atoms with van der Waals surface area (Å²) in [6, 6.07) is 19.8. The number of rotatable bonds is 4. The Morgan fingerprint density at radius 2 is 1.68 bits per heavy atom. The fourth-order valence-electron chi connectivity index (χ4n) is 2.40. The van der Waals surface area contributed by atoms with Gasteiger partial charge in [-0.1, -0.05) is 58.4 Å². The SMILES string of the molecule is Nc1nnnn1/N=C/c1cn(-c2ccccc2)nc1-c1ccccc1. The molecule has 2 heterocycles. The Bertz CT molecular complexity index is 1000. The van der Waals surface area contributed by atoms with Crippen LogP contribution in [-0.4, -0.2) is 36.3 Å². The Morgan fingerprint density at radius 1 is 0.960 bits per heavy atom. The topological polar surface area (TPSA) is 99.8 Å². The van der Waals surface area contributed by atoms with Gasteiger partial charge < -0.3 is 5.73 Å². The van der Waals surface area contributed by atoms with Crippen LogP contribution in [-0.2, 0) is 0 Å². The lowest BCUT2D eigenvalue weighted by molar-refractivity contribution is 0.700. The van der Waals surface area contributed by atoms with E-state index in [0.717, 1.165) is 27.3 Å². The number of para-hydroxylation sites is 1. The van der Waals surface area contributed by atoms with Crippen LogP contribution in [0.1, 0.15) is 5.56 Å². The van der Waals surface area contributed by atoms with Crippen LogP contribution in [0.25, 0.3) is 16.9 Å². The summed E-state index contributed by atoms with van der Waals surface area (Å²) >= 11 is 0. The molecule has 0 saturated heterocycles. The maximum absolute atomic E-state index is 5.64. The molecule has 0 bridgehead atoms. The molecule has 4 rings (SSSR count).